The van der Waals surface area contributed by atoms with Crippen LogP contribution >= 0.6 is 0 Å². The van der Waals surface area contributed by atoms with Crippen molar-refractivity contribution in [1.82, 2.24) is 4.90 Å². The molecule has 2 rings (SSSR count). The van der Waals surface area contributed by atoms with E-state index in [-0.39, 0.29) is 5.54 Å². The third kappa shape index (κ3) is 3.19. The standard InChI is InChI=1S/C15H25N3O/c1-12-10-15(11-16,7-8-18(12)2)17-13-5-4-6-14(9-13)19-3/h4-6,9,12,17H,7-8,10-11,16H2,1-3H3. The molecule has 0 aromatic heterocycles. The van der Waals surface area contributed by atoms with Gasteiger partial charge in [-0.2, -0.15) is 0 Å². The van der Waals surface area contributed by atoms with Gasteiger partial charge in [0.2, 0.25) is 0 Å². The Hall–Kier alpha value is -1.26. The number of nitrogens with two attached hydrogens (primary N) is 1. The van der Waals surface area contributed by atoms with Crippen LogP contribution in [0.15, 0.2) is 24.3 Å². The fourth-order valence-corrected chi connectivity index (χ4v) is 2.79. The monoisotopic (exact) mass is 263 g/mol. The van der Waals surface area contributed by atoms with Gasteiger partial charge in [-0.1, -0.05) is 6.07 Å². The summed E-state index contributed by atoms with van der Waals surface area (Å²) in [6.45, 7) is 3.99. The van der Waals surface area contributed by atoms with Crippen molar-refractivity contribution in [1.29, 1.82) is 0 Å². The van der Waals surface area contributed by atoms with Gasteiger partial charge in [-0.15, -0.1) is 0 Å². The summed E-state index contributed by atoms with van der Waals surface area (Å²) >= 11 is 0. The molecule has 1 fully saturated rings. The summed E-state index contributed by atoms with van der Waals surface area (Å²) in [5, 5.41) is 3.64. The van der Waals surface area contributed by atoms with Crippen molar-refractivity contribution in [2.45, 2.75) is 31.3 Å². The molecule has 0 radical (unpaired) electrons. The number of anilines is 1. The Morgan fingerprint density at radius 3 is 2.95 bits per heavy atom. The topological polar surface area (TPSA) is 50.5 Å². The second kappa shape index (κ2) is 5.80. The lowest BCUT2D eigenvalue weighted by Crippen LogP contribution is -2.55. The minimum Gasteiger partial charge on any atom is -0.497 e. The minimum absolute atomic E-state index is 0.00170. The van der Waals surface area contributed by atoms with Crippen molar-refractivity contribution in [3.8, 4) is 5.75 Å². The van der Waals surface area contributed by atoms with Crippen LogP contribution in [0, 0.1) is 0 Å². The fourth-order valence-electron chi connectivity index (χ4n) is 2.79. The van der Waals surface area contributed by atoms with Crippen LogP contribution in [-0.2, 0) is 0 Å². The normalized spacial score (nSPS) is 28.1. The summed E-state index contributed by atoms with van der Waals surface area (Å²) in [7, 11) is 3.87. The van der Waals surface area contributed by atoms with Crippen LogP contribution in [0.25, 0.3) is 0 Å². The van der Waals surface area contributed by atoms with Crippen LogP contribution < -0.4 is 15.8 Å². The number of likely N-dealkylation sites (tertiary alicyclic amines) is 1. The number of nitrogens with zero attached hydrogens (tertiary/aromatic N) is 1. The van der Waals surface area contributed by atoms with E-state index in [1.54, 1.807) is 7.11 Å². The first-order valence-corrected chi connectivity index (χ1v) is 6.91. The van der Waals surface area contributed by atoms with E-state index in [9.17, 15) is 0 Å². The maximum absolute atomic E-state index is 6.05. The molecule has 4 heteroatoms. The lowest BCUT2D eigenvalue weighted by Gasteiger charge is -2.45. The van der Waals surface area contributed by atoms with E-state index in [1.807, 2.05) is 18.2 Å². The Morgan fingerprint density at radius 2 is 2.32 bits per heavy atom. The molecular weight excluding hydrogens is 238 g/mol. The fraction of sp³-hybridized carbons (Fsp3) is 0.600. The molecule has 19 heavy (non-hydrogen) atoms. The molecule has 0 aliphatic carbocycles. The van der Waals surface area contributed by atoms with Crippen LogP contribution in [-0.4, -0.2) is 43.7 Å². The highest BCUT2D eigenvalue weighted by Gasteiger charge is 2.35. The molecule has 0 amide bonds. The van der Waals surface area contributed by atoms with E-state index < -0.39 is 0 Å². The van der Waals surface area contributed by atoms with Gasteiger partial charge in [0.15, 0.2) is 0 Å². The highest BCUT2D eigenvalue weighted by Crippen LogP contribution is 2.30. The summed E-state index contributed by atoms with van der Waals surface area (Å²) in [5.74, 6) is 0.873. The zero-order valence-corrected chi connectivity index (χ0v) is 12.1. The molecule has 3 N–H and O–H groups in total. The molecule has 1 heterocycles. The summed E-state index contributed by atoms with van der Waals surface area (Å²) in [6, 6.07) is 8.61. The molecule has 1 saturated heterocycles. The molecule has 2 atom stereocenters. The maximum atomic E-state index is 6.05. The van der Waals surface area contributed by atoms with Gasteiger partial charge in [0.25, 0.3) is 0 Å². The van der Waals surface area contributed by atoms with Crippen molar-refractivity contribution in [2.24, 2.45) is 5.73 Å². The second-order valence-corrected chi connectivity index (χ2v) is 5.63. The van der Waals surface area contributed by atoms with Crippen LogP contribution in [0.5, 0.6) is 5.75 Å². The van der Waals surface area contributed by atoms with Crippen LogP contribution in [0.4, 0.5) is 5.69 Å². The molecule has 1 aliphatic rings. The highest BCUT2D eigenvalue weighted by molar-refractivity contribution is 5.50. The first-order chi connectivity index (χ1) is 9.08. The van der Waals surface area contributed by atoms with Crippen molar-refractivity contribution in [3.63, 3.8) is 0 Å². The van der Waals surface area contributed by atoms with E-state index in [0.29, 0.717) is 12.6 Å². The quantitative estimate of drug-likeness (QED) is 0.871. The van der Waals surface area contributed by atoms with Crippen LogP contribution in [0.2, 0.25) is 0 Å². The SMILES string of the molecule is COc1cccc(NC2(CN)CCN(C)C(C)C2)c1. The number of piperidine rings is 1. The molecule has 0 spiro atoms. The van der Waals surface area contributed by atoms with E-state index in [4.69, 9.17) is 10.5 Å². The summed E-state index contributed by atoms with van der Waals surface area (Å²) in [4.78, 5) is 2.39. The minimum atomic E-state index is -0.00170. The van der Waals surface area contributed by atoms with Gasteiger partial charge in [0.1, 0.15) is 5.75 Å². The smallest absolute Gasteiger partial charge is 0.120 e. The molecule has 4 nitrogen and oxygen atoms in total. The van der Waals surface area contributed by atoms with Crippen LogP contribution in [0.3, 0.4) is 0 Å². The van der Waals surface area contributed by atoms with Gasteiger partial charge in [-0.05, 0) is 38.9 Å². The third-order valence-corrected chi connectivity index (χ3v) is 4.25. The summed E-state index contributed by atoms with van der Waals surface area (Å²) < 4.78 is 5.27. The number of rotatable bonds is 4. The van der Waals surface area contributed by atoms with Gasteiger partial charge in [0.05, 0.1) is 12.6 Å². The molecule has 1 aromatic rings. The van der Waals surface area contributed by atoms with Gasteiger partial charge < -0.3 is 20.7 Å². The lowest BCUT2D eigenvalue weighted by molar-refractivity contribution is 0.146. The zero-order valence-electron chi connectivity index (χ0n) is 12.1. The van der Waals surface area contributed by atoms with Crippen molar-refractivity contribution < 1.29 is 4.74 Å². The number of methoxy groups -OCH3 is 1. The Morgan fingerprint density at radius 1 is 1.53 bits per heavy atom. The van der Waals surface area contributed by atoms with Crippen molar-refractivity contribution in [2.75, 3.05) is 32.6 Å². The molecule has 0 bridgehead atoms. The van der Waals surface area contributed by atoms with Gasteiger partial charge in [-0.25, -0.2) is 0 Å². The number of nitrogens with one attached hydrogen (secondary N) is 1. The van der Waals surface area contributed by atoms with E-state index >= 15 is 0 Å². The molecule has 1 aliphatic heterocycles. The third-order valence-electron chi connectivity index (χ3n) is 4.25. The predicted molar refractivity (Wildman–Crippen MR) is 79.7 cm³/mol. The highest BCUT2D eigenvalue weighted by atomic mass is 16.5. The number of hydrogen-bond donors (Lipinski definition) is 2. The van der Waals surface area contributed by atoms with E-state index in [2.05, 4.69) is 30.3 Å². The predicted octanol–water partition coefficient (Wildman–Crippen LogP) is 1.92. The van der Waals surface area contributed by atoms with Gasteiger partial charge in [-0.3, -0.25) is 0 Å². The van der Waals surface area contributed by atoms with Gasteiger partial charge in [0, 0.05) is 30.9 Å². The Kier molecular flexibility index (Phi) is 4.32. The zero-order chi connectivity index (χ0) is 13.9. The van der Waals surface area contributed by atoms with E-state index in [0.717, 1.165) is 30.8 Å². The summed E-state index contributed by atoms with van der Waals surface area (Å²) in [5.41, 5.74) is 7.14. The average molecular weight is 263 g/mol. The Balaban J connectivity index is 2.14. The molecule has 106 valence electrons. The van der Waals surface area contributed by atoms with Gasteiger partial charge >= 0.3 is 0 Å². The maximum Gasteiger partial charge on any atom is 0.120 e. The second-order valence-electron chi connectivity index (χ2n) is 5.63. The van der Waals surface area contributed by atoms with Crippen molar-refractivity contribution in [3.05, 3.63) is 24.3 Å². The van der Waals surface area contributed by atoms with Crippen molar-refractivity contribution >= 4 is 5.69 Å². The molecule has 1 aromatic carbocycles. The van der Waals surface area contributed by atoms with E-state index in [1.165, 1.54) is 0 Å². The number of ether oxygens (including phenoxy) is 1. The Labute approximate surface area is 115 Å². The largest absolute Gasteiger partial charge is 0.497 e. The Bertz CT molecular complexity index is 424. The summed E-state index contributed by atoms with van der Waals surface area (Å²) in [6.07, 6.45) is 2.14. The molecule has 2 unspecified atom stereocenters. The lowest BCUT2D eigenvalue weighted by atomic mass is 9.83. The first kappa shape index (κ1) is 14.2. The molecular formula is C15H25N3O. The number of benzene rings is 1. The average Bonchev–Trinajstić information content (AvgIpc) is 2.43. The molecule has 0 saturated carbocycles. The first-order valence-electron chi connectivity index (χ1n) is 6.91. The van der Waals surface area contributed by atoms with Crippen LogP contribution in [0.1, 0.15) is 19.8 Å². The number of hydrogen-bond acceptors (Lipinski definition) is 4.